The number of rotatable bonds is 4. The fourth-order valence-corrected chi connectivity index (χ4v) is 1.54. The molecule has 0 aliphatic carbocycles. The van der Waals surface area contributed by atoms with Crippen LogP contribution in [0.2, 0.25) is 0 Å². The molecule has 1 fully saturated rings. The maximum Gasteiger partial charge on any atom is 0.404 e. The first-order valence-corrected chi connectivity index (χ1v) is 4.47. The van der Waals surface area contributed by atoms with Gasteiger partial charge in [0, 0.05) is 19.6 Å². The van der Waals surface area contributed by atoms with E-state index in [4.69, 9.17) is 10.5 Å². The largest absolute Gasteiger partial charge is 0.445 e. The predicted octanol–water partition coefficient (Wildman–Crippen LogP) is 0.516. The summed E-state index contributed by atoms with van der Waals surface area (Å²) >= 11 is 0. The summed E-state index contributed by atoms with van der Waals surface area (Å²) in [5.41, 5.74) is 4.88. The Morgan fingerprint density at radius 3 is 3.08 bits per heavy atom. The molecule has 0 radical (unpaired) electrons. The van der Waals surface area contributed by atoms with E-state index in [-0.39, 0.29) is 12.8 Å². The van der Waals surface area contributed by atoms with Crippen molar-refractivity contribution in [2.75, 3.05) is 26.3 Å². The molecule has 1 heterocycles. The Hall–Kier alpha value is -0.840. The third-order valence-electron chi connectivity index (χ3n) is 2.12. The lowest BCUT2D eigenvalue weighted by atomic mass is 10.3. The first kappa shape index (κ1) is 10.2. The van der Waals surface area contributed by atoms with Crippen LogP contribution in [0, 0.1) is 0 Å². The number of nitrogens with two attached hydrogens (primary N) is 1. The molecular weight excluding hydrogens is 175 g/mol. The van der Waals surface area contributed by atoms with Crippen LogP contribution in [0.5, 0.6) is 0 Å². The molecule has 1 aliphatic rings. The van der Waals surface area contributed by atoms with E-state index < -0.39 is 6.09 Å². The van der Waals surface area contributed by atoms with Gasteiger partial charge in [0.1, 0.15) is 6.10 Å². The Kier molecular flexibility index (Phi) is 3.95. The topological polar surface area (TPSA) is 55.6 Å². The van der Waals surface area contributed by atoms with Crippen molar-refractivity contribution in [1.29, 1.82) is 0 Å². The summed E-state index contributed by atoms with van der Waals surface area (Å²) in [4.78, 5) is 12.5. The maximum absolute atomic E-state index is 11.8. The molecule has 76 valence electrons. The van der Waals surface area contributed by atoms with Crippen molar-refractivity contribution >= 4 is 6.09 Å². The van der Waals surface area contributed by atoms with Crippen molar-refractivity contribution < 1.29 is 13.9 Å². The summed E-state index contributed by atoms with van der Waals surface area (Å²) in [7, 11) is 0. The third-order valence-corrected chi connectivity index (χ3v) is 2.12. The molecule has 1 saturated heterocycles. The van der Waals surface area contributed by atoms with Crippen molar-refractivity contribution in [2.45, 2.75) is 18.9 Å². The minimum atomic E-state index is -0.725. The number of hydrogen-bond acceptors (Lipinski definition) is 3. The Morgan fingerprint density at radius 1 is 1.69 bits per heavy atom. The smallest absolute Gasteiger partial charge is 0.404 e. The molecule has 0 aromatic carbocycles. The van der Waals surface area contributed by atoms with Crippen LogP contribution in [0.4, 0.5) is 9.18 Å². The van der Waals surface area contributed by atoms with Crippen LogP contribution < -0.4 is 5.73 Å². The molecule has 4 nitrogen and oxygen atoms in total. The van der Waals surface area contributed by atoms with Crippen molar-refractivity contribution in [1.82, 2.24) is 4.90 Å². The lowest BCUT2D eigenvalue weighted by Crippen LogP contribution is -2.27. The summed E-state index contributed by atoms with van der Waals surface area (Å²) in [6.07, 6.45) is 0.521. The molecular formula is C8H15FN2O2. The highest BCUT2D eigenvalue weighted by Gasteiger charge is 2.24. The van der Waals surface area contributed by atoms with Gasteiger partial charge in [-0.25, -0.2) is 4.79 Å². The van der Waals surface area contributed by atoms with Crippen molar-refractivity contribution in [2.24, 2.45) is 5.73 Å². The number of likely N-dealkylation sites (tertiary alicyclic amines) is 1. The van der Waals surface area contributed by atoms with Crippen LogP contribution in [-0.4, -0.2) is 43.4 Å². The number of ether oxygens (including phenoxy) is 1. The molecule has 1 aliphatic heterocycles. The molecule has 0 spiro atoms. The highest BCUT2D eigenvalue weighted by Crippen LogP contribution is 2.12. The van der Waals surface area contributed by atoms with Crippen molar-refractivity contribution in [3.05, 3.63) is 0 Å². The Bertz CT molecular complexity index is 178. The van der Waals surface area contributed by atoms with Gasteiger partial charge in [-0.15, -0.1) is 0 Å². The first-order valence-electron chi connectivity index (χ1n) is 4.47. The predicted molar refractivity (Wildman–Crippen MR) is 46.1 cm³/mol. The summed E-state index contributed by atoms with van der Waals surface area (Å²) in [5, 5.41) is 0. The van der Waals surface area contributed by atoms with E-state index in [1.807, 2.05) is 0 Å². The van der Waals surface area contributed by atoms with Gasteiger partial charge in [-0.05, 0) is 12.8 Å². The molecule has 1 rings (SSSR count). The third kappa shape index (κ3) is 3.59. The zero-order valence-corrected chi connectivity index (χ0v) is 7.54. The van der Waals surface area contributed by atoms with E-state index >= 15 is 0 Å². The minimum Gasteiger partial charge on any atom is -0.445 e. The van der Waals surface area contributed by atoms with E-state index in [2.05, 4.69) is 4.90 Å². The number of amides is 1. The summed E-state index contributed by atoms with van der Waals surface area (Å²) in [5.74, 6) is 0. The standard InChI is InChI=1S/C8H15FN2O2/c9-3-1-4-11-5-2-7(6-11)13-8(10)12/h7H,1-6H2,(H2,10,12)/t7-/m0/s1. The quantitative estimate of drug-likeness (QED) is 0.703. The Labute approximate surface area is 76.8 Å². The van der Waals surface area contributed by atoms with E-state index in [0.29, 0.717) is 13.0 Å². The highest BCUT2D eigenvalue weighted by molar-refractivity contribution is 5.64. The average molecular weight is 190 g/mol. The van der Waals surface area contributed by atoms with Gasteiger partial charge >= 0.3 is 6.09 Å². The second-order valence-electron chi connectivity index (χ2n) is 3.19. The minimum absolute atomic E-state index is 0.0999. The molecule has 1 amide bonds. The van der Waals surface area contributed by atoms with Crippen LogP contribution >= 0.6 is 0 Å². The number of carbonyl (C=O) groups excluding carboxylic acids is 1. The van der Waals surface area contributed by atoms with Gasteiger partial charge in [-0.3, -0.25) is 9.29 Å². The fraction of sp³-hybridized carbons (Fsp3) is 0.875. The van der Waals surface area contributed by atoms with Gasteiger partial charge in [-0.2, -0.15) is 0 Å². The molecule has 0 unspecified atom stereocenters. The van der Waals surface area contributed by atoms with E-state index in [9.17, 15) is 9.18 Å². The Morgan fingerprint density at radius 2 is 2.46 bits per heavy atom. The van der Waals surface area contributed by atoms with Crippen molar-refractivity contribution in [3.63, 3.8) is 0 Å². The molecule has 0 bridgehead atoms. The monoisotopic (exact) mass is 190 g/mol. The molecule has 0 aromatic rings. The van der Waals surface area contributed by atoms with Gasteiger partial charge in [0.2, 0.25) is 0 Å². The SMILES string of the molecule is NC(=O)O[C@H]1CCN(CCCF)C1. The number of hydrogen-bond donors (Lipinski definition) is 1. The first-order chi connectivity index (χ1) is 6.22. The van der Waals surface area contributed by atoms with Crippen molar-refractivity contribution in [3.8, 4) is 0 Å². The van der Waals surface area contributed by atoms with Crippen LogP contribution in [0.25, 0.3) is 0 Å². The maximum atomic E-state index is 11.8. The van der Waals surface area contributed by atoms with Crippen LogP contribution in [0.1, 0.15) is 12.8 Å². The number of nitrogens with zero attached hydrogens (tertiary/aromatic N) is 1. The van der Waals surface area contributed by atoms with Gasteiger partial charge in [0.05, 0.1) is 6.67 Å². The fourth-order valence-electron chi connectivity index (χ4n) is 1.54. The molecule has 2 N–H and O–H groups in total. The number of carbonyl (C=O) groups is 1. The molecule has 1 atom stereocenters. The van der Waals surface area contributed by atoms with Crippen LogP contribution in [0.15, 0.2) is 0 Å². The van der Waals surface area contributed by atoms with E-state index in [1.54, 1.807) is 0 Å². The summed E-state index contributed by atoms with van der Waals surface area (Å²) < 4.78 is 16.6. The number of primary amides is 1. The highest BCUT2D eigenvalue weighted by atomic mass is 19.1. The molecule has 0 aromatic heterocycles. The molecule has 13 heavy (non-hydrogen) atoms. The Balaban J connectivity index is 2.16. The molecule has 5 heteroatoms. The van der Waals surface area contributed by atoms with Crippen LogP contribution in [-0.2, 0) is 4.74 Å². The summed E-state index contributed by atoms with van der Waals surface area (Å²) in [6.45, 7) is 1.98. The van der Waals surface area contributed by atoms with Crippen LogP contribution in [0.3, 0.4) is 0 Å². The zero-order chi connectivity index (χ0) is 9.68. The summed E-state index contributed by atoms with van der Waals surface area (Å²) in [6, 6.07) is 0. The lowest BCUT2D eigenvalue weighted by Gasteiger charge is -2.14. The number of alkyl halides is 1. The average Bonchev–Trinajstić information content (AvgIpc) is 2.48. The lowest BCUT2D eigenvalue weighted by molar-refractivity contribution is 0.109. The number of halogens is 1. The normalized spacial score (nSPS) is 23.3. The second-order valence-corrected chi connectivity index (χ2v) is 3.19. The van der Waals surface area contributed by atoms with Gasteiger partial charge < -0.3 is 10.5 Å². The van der Waals surface area contributed by atoms with E-state index in [1.165, 1.54) is 0 Å². The van der Waals surface area contributed by atoms with Gasteiger partial charge in [0.15, 0.2) is 0 Å². The zero-order valence-electron chi connectivity index (χ0n) is 7.54. The van der Waals surface area contributed by atoms with E-state index in [0.717, 1.165) is 19.5 Å². The van der Waals surface area contributed by atoms with Gasteiger partial charge in [0.25, 0.3) is 0 Å². The van der Waals surface area contributed by atoms with Gasteiger partial charge in [-0.1, -0.05) is 0 Å². The second kappa shape index (κ2) is 5.01. The molecule has 0 saturated carbocycles.